The van der Waals surface area contributed by atoms with Gasteiger partial charge in [-0.1, -0.05) is 19.8 Å². The van der Waals surface area contributed by atoms with Gasteiger partial charge in [0.2, 0.25) is 0 Å². The van der Waals surface area contributed by atoms with Crippen LogP contribution in [0.3, 0.4) is 0 Å². The van der Waals surface area contributed by atoms with Gasteiger partial charge >= 0.3 is 6.03 Å². The highest BCUT2D eigenvalue weighted by atomic mass is 16.5. The van der Waals surface area contributed by atoms with Crippen LogP contribution in [0.1, 0.15) is 39.0 Å². The summed E-state index contributed by atoms with van der Waals surface area (Å²) in [6.45, 7) is 6.02. The minimum absolute atomic E-state index is 0.0223. The van der Waals surface area contributed by atoms with Gasteiger partial charge in [0.1, 0.15) is 11.3 Å². The first kappa shape index (κ1) is 20.0. The van der Waals surface area contributed by atoms with Crippen molar-refractivity contribution in [3.63, 3.8) is 0 Å². The summed E-state index contributed by atoms with van der Waals surface area (Å²) in [6, 6.07) is 7.91. The first-order chi connectivity index (χ1) is 14.0. The van der Waals surface area contributed by atoms with Crippen LogP contribution in [-0.4, -0.2) is 67.2 Å². The number of nitrogens with zero attached hydrogens (tertiary/aromatic N) is 3. The van der Waals surface area contributed by atoms with Crippen molar-refractivity contribution in [2.45, 2.75) is 44.6 Å². The third-order valence-corrected chi connectivity index (χ3v) is 6.87. The van der Waals surface area contributed by atoms with Gasteiger partial charge in [0, 0.05) is 31.9 Å². The Balaban J connectivity index is 1.38. The fourth-order valence-electron chi connectivity index (χ4n) is 4.99. The molecule has 0 aromatic heterocycles. The predicted octanol–water partition coefficient (Wildman–Crippen LogP) is 2.67. The van der Waals surface area contributed by atoms with Gasteiger partial charge < -0.3 is 15.0 Å². The lowest BCUT2D eigenvalue weighted by Gasteiger charge is -2.37. The van der Waals surface area contributed by atoms with Gasteiger partial charge in [-0.15, -0.1) is 0 Å². The van der Waals surface area contributed by atoms with E-state index in [1.165, 1.54) is 10.6 Å². The maximum Gasteiger partial charge on any atom is 0.326 e. The zero-order valence-electron chi connectivity index (χ0n) is 17.5. The topological polar surface area (TPSA) is 65.1 Å². The smallest absolute Gasteiger partial charge is 0.326 e. The van der Waals surface area contributed by atoms with E-state index in [-0.39, 0.29) is 17.9 Å². The summed E-state index contributed by atoms with van der Waals surface area (Å²) >= 11 is 0. The van der Waals surface area contributed by atoms with Crippen LogP contribution in [-0.2, 0) is 4.79 Å². The van der Waals surface area contributed by atoms with Crippen LogP contribution in [0.25, 0.3) is 0 Å². The van der Waals surface area contributed by atoms with Crippen LogP contribution >= 0.6 is 0 Å². The van der Waals surface area contributed by atoms with Crippen LogP contribution in [0.15, 0.2) is 24.3 Å². The maximum absolute atomic E-state index is 13.2. The summed E-state index contributed by atoms with van der Waals surface area (Å²) in [6.07, 6.45) is 4.90. The van der Waals surface area contributed by atoms with E-state index in [0.717, 1.165) is 64.0 Å². The Morgan fingerprint density at radius 2 is 1.86 bits per heavy atom. The van der Waals surface area contributed by atoms with E-state index in [0.29, 0.717) is 6.67 Å². The fourth-order valence-corrected chi connectivity index (χ4v) is 4.99. The molecule has 2 aliphatic heterocycles. The molecule has 2 saturated heterocycles. The molecule has 1 aromatic carbocycles. The normalized spacial score (nSPS) is 28.6. The largest absolute Gasteiger partial charge is 0.497 e. The molecule has 0 radical (unpaired) electrons. The van der Waals surface area contributed by atoms with Crippen molar-refractivity contribution in [2.24, 2.45) is 5.92 Å². The van der Waals surface area contributed by atoms with Crippen molar-refractivity contribution in [3.05, 3.63) is 24.3 Å². The molecular weight excluding hydrogens is 368 g/mol. The summed E-state index contributed by atoms with van der Waals surface area (Å²) in [5.74, 6) is 1.04. The fraction of sp³-hybridized carbons (Fsp3) is 0.636. The molecule has 0 unspecified atom stereocenters. The minimum Gasteiger partial charge on any atom is -0.497 e. The average Bonchev–Trinajstić information content (AvgIpc) is 2.89. The first-order valence-corrected chi connectivity index (χ1v) is 10.8. The molecule has 158 valence electrons. The minimum atomic E-state index is -0.670. The van der Waals surface area contributed by atoms with Gasteiger partial charge in [-0.3, -0.25) is 9.69 Å². The lowest BCUT2D eigenvalue weighted by molar-refractivity contribution is -0.135. The van der Waals surface area contributed by atoms with E-state index >= 15 is 0 Å². The third kappa shape index (κ3) is 3.80. The molecule has 1 aromatic rings. The molecule has 7 heteroatoms. The lowest BCUT2D eigenvalue weighted by Crippen LogP contribution is -2.54. The number of hydrogen-bond acceptors (Lipinski definition) is 5. The second kappa shape index (κ2) is 8.22. The molecular formula is C22H32N4O3. The molecule has 1 aliphatic carbocycles. The van der Waals surface area contributed by atoms with E-state index in [4.69, 9.17) is 4.74 Å². The van der Waals surface area contributed by atoms with Crippen molar-refractivity contribution in [2.75, 3.05) is 44.9 Å². The van der Waals surface area contributed by atoms with Crippen molar-refractivity contribution >= 4 is 17.6 Å². The molecule has 3 fully saturated rings. The molecule has 2 atom stereocenters. The molecule has 1 saturated carbocycles. The Labute approximate surface area is 173 Å². The molecule has 3 aliphatic rings. The number of urea groups is 1. The number of carbonyl (C=O) groups is 2. The van der Waals surface area contributed by atoms with E-state index in [9.17, 15) is 9.59 Å². The van der Waals surface area contributed by atoms with Crippen LogP contribution in [0.2, 0.25) is 0 Å². The third-order valence-electron chi connectivity index (χ3n) is 6.87. The van der Waals surface area contributed by atoms with Gasteiger partial charge in [-0.2, -0.15) is 0 Å². The Morgan fingerprint density at radius 3 is 2.59 bits per heavy atom. The monoisotopic (exact) mass is 400 g/mol. The maximum atomic E-state index is 13.2. The van der Waals surface area contributed by atoms with Crippen LogP contribution in [0.5, 0.6) is 5.75 Å². The Kier molecular flexibility index (Phi) is 5.67. The quantitative estimate of drug-likeness (QED) is 0.788. The summed E-state index contributed by atoms with van der Waals surface area (Å²) in [7, 11) is 1.67. The first-order valence-electron chi connectivity index (χ1n) is 10.8. The number of hydrogen-bond donors (Lipinski definition) is 1. The molecule has 2 heterocycles. The number of benzene rings is 1. The van der Waals surface area contributed by atoms with Gasteiger partial charge in [0.15, 0.2) is 0 Å². The summed E-state index contributed by atoms with van der Waals surface area (Å²) in [5.41, 5.74) is 0.508. The van der Waals surface area contributed by atoms with Crippen molar-refractivity contribution in [1.82, 2.24) is 15.1 Å². The van der Waals surface area contributed by atoms with Gasteiger partial charge in [-0.25, -0.2) is 9.69 Å². The Hall–Kier alpha value is -2.28. The molecule has 4 rings (SSSR count). The molecule has 3 amide bonds. The standard InChI is InChI=1S/C22H32N4O3/c1-17-6-3-4-11-22(17)20(27)26(21(28)23-22)16-24-12-5-13-25(15-14-24)18-7-9-19(29-2)10-8-18/h7-10,17H,3-6,11-16H2,1-2H3,(H,23,28)/t17-,22+/m1/s1. The number of amides is 3. The molecule has 29 heavy (non-hydrogen) atoms. The average molecular weight is 401 g/mol. The number of nitrogens with one attached hydrogen (secondary N) is 1. The van der Waals surface area contributed by atoms with Crippen LogP contribution in [0, 0.1) is 5.92 Å². The predicted molar refractivity (Wildman–Crippen MR) is 112 cm³/mol. The molecule has 1 N–H and O–H groups in total. The SMILES string of the molecule is COc1ccc(N2CCCN(CN3C(=O)N[C@]4(CCCC[C@H]4C)C3=O)CC2)cc1. The Morgan fingerprint density at radius 1 is 1.07 bits per heavy atom. The molecule has 0 bridgehead atoms. The number of anilines is 1. The lowest BCUT2D eigenvalue weighted by atomic mass is 9.73. The van der Waals surface area contributed by atoms with Crippen LogP contribution in [0.4, 0.5) is 10.5 Å². The molecule has 1 spiro atoms. The van der Waals surface area contributed by atoms with E-state index < -0.39 is 5.54 Å². The summed E-state index contributed by atoms with van der Waals surface area (Å²) in [5, 5.41) is 3.06. The van der Waals surface area contributed by atoms with Crippen molar-refractivity contribution in [3.8, 4) is 5.75 Å². The summed E-state index contributed by atoms with van der Waals surface area (Å²) < 4.78 is 5.25. The summed E-state index contributed by atoms with van der Waals surface area (Å²) in [4.78, 5) is 31.9. The zero-order chi connectivity index (χ0) is 20.4. The van der Waals surface area contributed by atoms with Crippen molar-refractivity contribution in [1.29, 1.82) is 0 Å². The van der Waals surface area contributed by atoms with Crippen molar-refractivity contribution < 1.29 is 14.3 Å². The highest BCUT2D eigenvalue weighted by molar-refractivity contribution is 6.07. The van der Waals surface area contributed by atoms with Gasteiger partial charge in [0.25, 0.3) is 5.91 Å². The highest BCUT2D eigenvalue weighted by Crippen LogP contribution is 2.38. The van der Waals surface area contributed by atoms with E-state index in [2.05, 4.69) is 34.2 Å². The number of carbonyl (C=O) groups excluding carboxylic acids is 2. The van der Waals surface area contributed by atoms with E-state index in [1.54, 1.807) is 7.11 Å². The van der Waals surface area contributed by atoms with Crippen LogP contribution < -0.4 is 15.0 Å². The molecule has 7 nitrogen and oxygen atoms in total. The van der Waals surface area contributed by atoms with Gasteiger partial charge in [0.05, 0.1) is 13.8 Å². The van der Waals surface area contributed by atoms with Gasteiger partial charge in [-0.05, 0) is 49.4 Å². The second-order valence-corrected chi connectivity index (χ2v) is 8.58. The number of rotatable bonds is 4. The number of imide groups is 1. The number of methoxy groups -OCH3 is 1. The zero-order valence-corrected chi connectivity index (χ0v) is 17.5. The number of ether oxygens (including phenoxy) is 1. The Bertz CT molecular complexity index is 753. The second-order valence-electron chi connectivity index (χ2n) is 8.58. The highest BCUT2D eigenvalue weighted by Gasteiger charge is 2.55. The van der Waals surface area contributed by atoms with E-state index in [1.807, 2.05) is 12.1 Å².